The molecule has 2 fully saturated rings. The fraction of sp³-hybridized carbons (Fsp3) is 0.500. The second-order valence-corrected chi connectivity index (χ2v) is 7.89. The number of methoxy groups -OCH3 is 1. The topological polar surface area (TPSA) is 86.7 Å². The van der Waals surface area contributed by atoms with Crippen molar-refractivity contribution < 1.29 is 18.7 Å². The van der Waals surface area contributed by atoms with E-state index in [-0.39, 0.29) is 37.0 Å². The van der Waals surface area contributed by atoms with E-state index in [0.29, 0.717) is 34.9 Å². The Labute approximate surface area is 177 Å². The average Bonchev–Trinajstić information content (AvgIpc) is 3.16. The van der Waals surface area contributed by atoms with Gasteiger partial charge < -0.3 is 24.9 Å². The van der Waals surface area contributed by atoms with Crippen LogP contribution >= 0.6 is 12.4 Å². The molecule has 0 spiro atoms. The number of carbonyl (C=O) groups is 1. The van der Waals surface area contributed by atoms with E-state index >= 15 is 0 Å². The largest absolute Gasteiger partial charge is 0.493 e. The van der Waals surface area contributed by atoms with E-state index in [0.717, 1.165) is 25.7 Å². The Morgan fingerprint density at radius 1 is 1.14 bits per heavy atom. The van der Waals surface area contributed by atoms with Gasteiger partial charge in [0.2, 0.25) is 0 Å². The number of hydrogen-bond acceptors (Lipinski definition) is 5. The summed E-state index contributed by atoms with van der Waals surface area (Å²) in [5.41, 5.74) is 6.18. The predicted octanol–water partition coefficient (Wildman–Crippen LogP) is 3.92. The first-order chi connectivity index (χ1) is 13.6. The van der Waals surface area contributed by atoms with Crippen molar-refractivity contribution in [2.24, 2.45) is 17.6 Å². The summed E-state index contributed by atoms with van der Waals surface area (Å²) in [5, 5.41) is 3.21. The van der Waals surface area contributed by atoms with Gasteiger partial charge in [0.15, 0.2) is 17.3 Å². The maximum atomic E-state index is 12.7. The van der Waals surface area contributed by atoms with Crippen molar-refractivity contribution >= 4 is 18.3 Å². The van der Waals surface area contributed by atoms with Gasteiger partial charge in [0, 0.05) is 12.1 Å². The molecule has 0 saturated heterocycles. The van der Waals surface area contributed by atoms with Gasteiger partial charge in [0.25, 0.3) is 5.91 Å². The van der Waals surface area contributed by atoms with E-state index in [4.69, 9.17) is 19.6 Å². The van der Waals surface area contributed by atoms with Crippen LogP contribution in [0.1, 0.15) is 48.4 Å². The normalized spacial score (nSPS) is 25.6. The molecule has 4 rings (SSSR count). The number of carbonyl (C=O) groups excluding carboxylic acids is 1. The molecule has 2 unspecified atom stereocenters. The Morgan fingerprint density at radius 2 is 1.83 bits per heavy atom. The van der Waals surface area contributed by atoms with E-state index in [9.17, 15) is 4.79 Å². The van der Waals surface area contributed by atoms with E-state index in [1.165, 1.54) is 6.42 Å². The molecule has 7 heteroatoms. The molecule has 1 amide bonds. The molecule has 2 atom stereocenters. The van der Waals surface area contributed by atoms with Gasteiger partial charge >= 0.3 is 0 Å². The van der Waals surface area contributed by atoms with Gasteiger partial charge in [-0.1, -0.05) is 18.6 Å². The minimum absolute atomic E-state index is 0. The summed E-state index contributed by atoms with van der Waals surface area (Å²) < 4.78 is 16.8. The summed E-state index contributed by atoms with van der Waals surface area (Å²) in [5.74, 6) is 3.03. The van der Waals surface area contributed by atoms with Crippen LogP contribution in [0.3, 0.4) is 0 Å². The van der Waals surface area contributed by atoms with Crippen LogP contribution in [0.4, 0.5) is 0 Å². The van der Waals surface area contributed by atoms with Crippen LogP contribution in [0, 0.1) is 11.8 Å². The molecule has 1 aromatic heterocycles. The molecular weight excluding hydrogens is 392 g/mol. The monoisotopic (exact) mass is 420 g/mol. The molecule has 29 heavy (non-hydrogen) atoms. The quantitative estimate of drug-likeness (QED) is 0.739. The van der Waals surface area contributed by atoms with Crippen LogP contribution in [0.25, 0.3) is 0 Å². The van der Waals surface area contributed by atoms with E-state index in [1.807, 2.05) is 24.3 Å². The first-order valence-electron chi connectivity index (χ1n) is 10.0. The molecule has 2 aliphatic carbocycles. The average molecular weight is 421 g/mol. The highest BCUT2D eigenvalue weighted by atomic mass is 35.5. The number of ether oxygens (including phenoxy) is 2. The minimum Gasteiger partial charge on any atom is -0.493 e. The third-order valence-corrected chi connectivity index (χ3v) is 6.00. The highest BCUT2D eigenvalue weighted by Gasteiger charge is 2.40. The summed E-state index contributed by atoms with van der Waals surface area (Å²) >= 11 is 0. The van der Waals surface area contributed by atoms with Crippen molar-refractivity contribution in [3.8, 4) is 11.5 Å². The molecule has 6 nitrogen and oxygen atoms in total. The summed E-state index contributed by atoms with van der Waals surface area (Å²) in [6.45, 7) is 0.233. The zero-order valence-electron chi connectivity index (χ0n) is 16.6. The Morgan fingerprint density at radius 3 is 2.52 bits per heavy atom. The molecule has 3 N–H and O–H groups in total. The molecule has 2 aromatic rings. The van der Waals surface area contributed by atoms with Crippen molar-refractivity contribution in [2.45, 2.75) is 50.8 Å². The number of halogens is 1. The Kier molecular flexibility index (Phi) is 7.09. The third kappa shape index (κ3) is 4.87. The zero-order valence-corrected chi connectivity index (χ0v) is 17.5. The second-order valence-electron chi connectivity index (χ2n) is 7.89. The number of benzene rings is 1. The van der Waals surface area contributed by atoms with Crippen molar-refractivity contribution in [3.63, 3.8) is 0 Å². The first kappa shape index (κ1) is 21.5. The van der Waals surface area contributed by atoms with Crippen LogP contribution < -0.4 is 20.5 Å². The minimum atomic E-state index is -0.152. The van der Waals surface area contributed by atoms with Crippen molar-refractivity contribution in [3.05, 3.63) is 47.9 Å². The van der Waals surface area contributed by atoms with E-state index < -0.39 is 0 Å². The number of rotatable bonds is 6. The van der Waals surface area contributed by atoms with Gasteiger partial charge in [-0.25, -0.2) is 0 Å². The zero-order chi connectivity index (χ0) is 19.5. The highest BCUT2D eigenvalue weighted by molar-refractivity contribution is 5.91. The molecule has 1 aromatic carbocycles. The number of para-hydroxylation sites is 2. The van der Waals surface area contributed by atoms with Gasteiger partial charge in [-0.2, -0.15) is 0 Å². The summed E-state index contributed by atoms with van der Waals surface area (Å²) in [7, 11) is 1.60. The SMILES string of the molecule is COc1ccccc1OCc1ccc(C(=O)NC2C3CCCC2CC(N)C3)o1.Cl. The maximum absolute atomic E-state index is 12.7. The molecule has 2 bridgehead atoms. The Balaban J connectivity index is 0.00000240. The van der Waals surface area contributed by atoms with Crippen LogP contribution in [0.2, 0.25) is 0 Å². The van der Waals surface area contributed by atoms with Gasteiger partial charge in [-0.05, 0) is 61.8 Å². The lowest BCUT2D eigenvalue weighted by Crippen LogP contribution is -2.53. The van der Waals surface area contributed by atoms with Gasteiger partial charge in [-0.15, -0.1) is 12.4 Å². The molecular formula is C22H29ClN2O4. The summed E-state index contributed by atoms with van der Waals surface area (Å²) in [4.78, 5) is 12.7. The van der Waals surface area contributed by atoms with Crippen LogP contribution in [-0.2, 0) is 6.61 Å². The standard InChI is InChI=1S/C22H28N2O4.ClH/c1-26-18-7-2-3-8-19(18)27-13-17-9-10-20(28-17)22(25)24-21-14-5-4-6-15(21)12-16(23)11-14;/h2-3,7-10,14-16,21H,4-6,11-13,23H2,1H3,(H,24,25);1H. The molecule has 2 aliphatic rings. The Hall–Kier alpha value is -2.18. The molecule has 2 saturated carbocycles. The number of amides is 1. The second kappa shape index (κ2) is 9.55. The lowest BCUT2D eigenvalue weighted by molar-refractivity contribution is 0.0729. The number of hydrogen-bond donors (Lipinski definition) is 2. The third-order valence-electron chi connectivity index (χ3n) is 6.00. The highest BCUT2D eigenvalue weighted by Crippen LogP contribution is 2.39. The van der Waals surface area contributed by atoms with Gasteiger partial charge in [0.05, 0.1) is 7.11 Å². The molecule has 0 radical (unpaired) electrons. The lowest BCUT2D eigenvalue weighted by Gasteiger charge is -2.45. The molecule has 1 heterocycles. The van der Waals surface area contributed by atoms with Gasteiger partial charge in [-0.3, -0.25) is 4.79 Å². The summed E-state index contributed by atoms with van der Waals surface area (Å²) in [6.07, 6.45) is 5.52. The molecule has 158 valence electrons. The maximum Gasteiger partial charge on any atom is 0.287 e. The predicted molar refractivity (Wildman–Crippen MR) is 113 cm³/mol. The smallest absolute Gasteiger partial charge is 0.287 e. The van der Waals surface area contributed by atoms with Crippen molar-refractivity contribution in [1.29, 1.82) is 0 Å². The number of nitrogens with two attached hydrogens (primary N) is 1. The van der Waals surface area contributed by atoms with E-state index in [1.54, 1.807) is 19.2 Å². The first-order valence-corrected chi connectivity index (χ1v) is 10.0. The number of fused-ring (bicyclic) bond motifs is 2. The fourth-order valence-corrected chi connectivity index (χ4v) is 4.71. The number of furan rings is 1. The van der Waals surface area contributed by atoms with Crippen LogP contribution in [0.5, 0.6) is 11.5 Å². The van der Waals surface area contributed by atoms with Gasteiger partial charge in [0.1, 0.15) is 12.4 Å². The fourth-order valence-electron chi connectivity index (χ4n) is 4.71. The molecule has 0 aliphatic heterocycles. The number of nitrogens with one attached hydrogen (secondary N) is 1. The van der Waals surface area contributed by atoms with E-state index in [2.05, 4.69) is 5.32 Å². The Bertz CT molecular complexity index is 811. The van der Waals surface area contributed by atoms with Crippen molar-refractivity contribution in [2.75, 3.05) is 7.11 Å². The van der Waals surface area contributed by atoms with Crippen LogP contribution in [0.15, 0.2) is 40.8 Å². The lowest BCUT2D eigenvalue weighted by atomic mass is 9.67. The summed E-state index contributed by atoms with van der Waals surface area (Å²) in [6, 6.07) is 11.4. The van der Waals surface area contributed by atoms with Crippen LogP contribution in [-0.4, -0.2) is 25.1 Å². The van der Waals surface area contributed by atoms with Crippen molar-refractivity contribution in [1.82, 2.24) is 5.32 Å².